The first-order valence-corrected chi connectivity index (χ1v) is 31.6. The van der Waals surface area contributed by atoms with Crippen LogP contribution in [-0.2, 0) is 28.8 Å². The Morgan fingerprint density at radius 3 is 0.806 bits per heavy atom. The molecule has 0 fully saturated rings. The fraction of sp³-hybridized carbons (Fsp3) is 0.105. The first-order chi connectivity index (χ1) is 45.5. The quantitative estimate of drug-likeness (QED) is 0.0340. The summed E-state index contributed by atoms with van der Waals surface area (Å²) in [4.78, 5) is 53.9. The number of carbonyl (C=O) groups excluding carboxylic acids is 4. The number of hydrogen-bond donors (Lipinski definition) is 0. The first kappa shape index (κ1) is 59.0. The van der Waals surface area contributed by atoms with Crippen molar-refractivity contribution in [3.05, 3.63) is 285 Å². The molecule has 10 aromatic carbocycles. The van der Waals surface area contributed by atoms with Crippen LogP contribution >= 0.6 is 0 Å². The fourth-order valence-electron chi connectivity index (χ4n) is 12.4. The Morgan fingerprint density at radius 2 is 0.538 bits per heavy atom. The second kappa shape index (κ2) is 24.9. The number of esters is 4. The smallest absolute Gasteiger partial charge is 0.338 e. The van der Waals surface area contributed by atoms with Crippen LogP contribution in [0.1, 0.15) is 99.8 Å². The predicted octanol–water partition coefficient (Wildman–Crippen LogP) is 13.8. The highest BCUT2D eigenvalue weighted by Gasteiger charge is 2.35. The Kier molecular flexibility index (Phi) is 15.8. The van der Waals surface area contributed by atoms with Crippen LogP contribution in [-0.4, -0.2) is 94.8 Å². The van der Waals surface area contributed by atoms with Gasteiger partial charge in [-0.2, -0.15) is 0 Å². The summed E-state index contributed by atoms with van der Waals surface area (Å²) in [6.07, 6.45) is 0. The minimum Gasteiger partial charge on any atom is -0.490 e. The lowest BCUT2D eigenvalue weighted by Gasteiger charge is -2.11. The summed E-state index contributed by atoms with van der Waals surface area (Å²) in [5, 5.41) is 19.4. The van der Waals surface area contributed by atoms with Crippen LogP contribution in [0.25, 0.3) is 44.5 Å². The lowest BCUT2D eigenvalue weighted by Crippen LogP contribution is -2.13. The van der Waals surface area contributed by atoms with E-state index in [1.54, 1.807) is 50.2 Å². The normalized spacial score (nSPS) is 14.3. The molecule has 17 heteroatoms. The number of rotatable bonds is 18. The van der Waals surface area contributed by atoms with Gasteiger partial charge >= 0.3 is 23.9 Å². The van der Waals surface area contributed by atoms with E-state index >= 15 is 0 Å². The first-order valence-electron chi connectivity index (χ1n) is 30.2. The van der Waals surface area contributed by atoms with Gasteiger partial charge in [0.25, 0.3) is 0 Å². The van der Waals surface area contributed by atoms with Gasteiger partial charge in [-0.05, 0) is 109 Å². The van der Waals surface area contributed by atoms with E-state index in [0.29, 0.717) is 78.9 Å². The highest BCUT2D eigenvalue weighted by Crippen LogP contribution is 2.45. The molecule has 0 N–H and O–H groups in total. The summed E-state index contributed by atoms with van der Waals surface area (Å²) in [5.74, 6) is -1.22. The zero-order valence-electron chi connectivity index (χ0n) is 50.1. The number of sulfone groups is 1. The summed E-state index contributed by atoms with van der Waals surface area (Å²) < 4.78 is 61.6. The van der Waals surface area contributed by atoms with Crippen LogP contribution in [0.2, 0.25) is 0 Å². The van der Waals surface area contributed by atoms with E-state index in [2.05, 4.69) is 0 Å². The van der Waals surface area contributed by atoms with E-state index in [4.69, 9.17) is 48.8 Å². The van der Waals surface area contributed by atoms with Crippen molar-refractivity contribution >= 4 is 56.6 Å². The topological polar surface area (TPSA) is 207 Å². The van der Waals surface area contributed by atoms with E-state index in [9.17, 15) is 27.6 Å². The molecule has 456 valence electrons. The Balaban J connectivity index is 0.589. The van der Waals surface area contributed by atoms with E-state index in [-0.39, 0.29) is 49.4 Å². The third kappa shape index (κ3) is 10.7. The molecule has 0 heterocycles. The average molecular weight is 1250 g/mol. The molecular formula is C76H54N4O12S. The maximum Gasteiger partial charge on any atom is 0.338 e. The van der Waals surface area contributed by atoms with E-state index in [0.717, 1.165) is 66.8 Å². The molecule has 0 saturated carbocycles. The summed E-state index contributed by atoms with van der Waals surface area (Å²) >= 11 is 0. The summed E-state index contributed by atoms with van der Waals surface area (Å²) in [6.45, 7) is 3.81. The molecule has 14 rings (SSSR count). The van der Waals surface area contributed by atoms with Gasteiger partial charge in [0.15, 0.2) is 0 Å². The standard InChI is InChI=1S/C76H54N4O12S/c1-3-87-73(81)61-29-13-25-57-65(61)49-17-5-9-21-53(49)69(57)77-79-71-55-23-11-7-19-51(55)67-59(71)27-15-31-63(67)75(83)91-43-41-89-45-33-37-47(38-34-45)93(85,86)48-39-35-46(36-40-48)90-42-44-92-76(84)64-32-16-28-60-68(64)52-20-8-12-24-56(52)72(60)80-78-70-54-22-10-6-18-50(54)66-58(70)26-14-30-62(66)74(82)88-4-2/h5-40H,3-4,41-44H2,1-2H3. The molecule has 10 aromatic rings. The van der Waals surface area contributed by atoms with Crippen molar-refractivity contribution in [2.75, 3.05) is 39.6 Å². The Labute approximate surface area is 534 Å². The van der Waals surface area contributed by atoms with Crippen molar-refractivity contribution in [2.24, 2.45) is 20.4 Å². The predicted molar refractivity (Wildman–Crippen MR) is 352 cm³/mol. The SMILES string of the molecule is CCOC(=O)c1cccc2c1-c1ccccc1C2=NN=C1c2ccccc2-c2c(C(=O)OCCOc3ccc(S(=O)(=O)c4ccc(OCCOC(=O)c5cccc6c5-c5ccccc5C6=NN=C5c6ccccc6-c6c(C(=O)OCC)cccc65)cc4)cc3)cccc21. The summed E-state index contributed by atoms with van der Waals surface area (Å²) in [7, 11) is -3.96. The van der Waals surface area contributed by atoms with Crippen molar-refractivity contribution in [2.45, 2.75) is 23.6 Å². The molecule has 0 atom stereocenters. The van der Waals surface area contributed by atoms with Crippen LogP contribution in [0, 0.1) is 0 Å². The van der Waals surface area contributed by atoms with Crippen LogP contribution in [0.5, 0.6) is 11.5 Å². The monoisotopic (exact) mass is 1250 g/mol. The zero-order chi connectivity index (χ0) is 63.7. The number of benzene rings is 10. The van der Waals surface area contributed by atoms with Crippen molar-refractivity contribution in [1.82, 2.24) is 0 Å². The van der Waals surface area contributed by atoms with Crippen molar-refractivity contribution < 1.29 is 56.0 Å². The van der Waals surface area contributed by atoms with Crippen LogP contribution in [0.3, 0.4) is 0 Å². The van der Waals surface area contributed by atoms with Gasteiger partial charge in [0.1, 0.15) is 60.8 Å². The Morgan fingerprint density at radius 1 is 0.290 bits per heavy atom. The van der Waals surface area contributed by atoms with Gasteiger partial charge in [0.05, 0.1) is 45.3 Å². The average Bonchev–Trinajstić information content (AvgIpc) is 1.62. The van der Waals surface area contributed by atoms with E-state index < -0.39 is 33.7 Å². The largest absolute Gasteiger partial charge is 0.490 e. The number of nitrogens with zero attached hydrogens (tertiary/aromatic N) is 4. The number of fused-ring (bicyclic) bond motifs is 12. The molecule has 0 spiro atoms. The van der Waals surface area contributed by atoms with Crippen LogP contribution < -0.4 is 9.47 Å². The van der Waals surface area contributed by atoms with Gasteiger partial charge in [0, 0.05) is 66.8 Å². The summed E-state index contributed by atoms with van der Waals surface area (Å²) in [6, 6.07) is 64.4. The number of carbonyl (C=O) groups is 4. The Bertz CT molecular complexity index is 4690. The minimum atomic E-state index is -3.96. The molecule has 0 amide bonds. The third-order valence-corrected chi connectivity index (χ3v) is 18.2. The second-order valence-corrected chi connectivity index (χ2v) is 23.7. The molecule has 0 aliphatic heterocycles. The molecule has 93 heavy (non-hydrogen) atoms. The molecular weight excluding hydrogens is 1190 g/mol. The van der Waals surface area contributed by atoms with Crippen molar-refractivity contribution in [1.29, 1.82) is 0 Å². The van der Waals surface area contributed by atoms with Gasteiger partial charge in [-0.25, -0.2) is 27.6 Å². The molecule has 0 unspecified atom stereocenters. The highest BCUT2D eigenvalue weighted by molar-refractivity contribution is 7.91. The molecule has 4 aliphatic rings. The molecule has 0 saturated heterocycles. The maximum atomic E-state index is 13.9. The maximum absolute atomic E-state index is 13.9. The highest BCUT2D eigenvalue weighted by atomic mass is 32.2. The van der Waals surface area contributed by atoms with Gasteiger partial charge in [-0.1, -0.05) is 146 Å². The third-order valence-electron chi connectivity index (χ3n) is 16.5. The van der Waals surface area contributed by atoms with E-state index in [1.807, 2.05) is 133 Å². The van der Waals surface area contributed by atoms with Crippen molar-refractivity contribution in [3.8, 4) is 56.0 Å². The number of hydrogen-bond acceptors (Lipinski definition) is 16. The van der Waals surface area contributed by atoms with E-state index in [1.165, 1.54) is 48.5 Å². The summed E-state index contributed by atoms with van der Waals surface area (Å²) in [5.41, 5.74) is 16.2. The Hall–Kier alpha value is -11.7. The van der Waals surface area contributed by atoms with Gasteiger partial charge < -0.3 is 28.4 Å². The lowest BCUT2D eigenvalue weighted by molar-refractivity contribution is 0.0443. The fourth-order valence-corrected chi connectivity index (χ4v) is 13.7. The van der Waals surface area contributed by atoms with Crippen LogP contribution in [0.4, 0.5) is 0 Å². The zero-order valence-corrected chi connectivity index (χ0v) is 50.9. The van der Waals surface area contributed by atoms with Gasteiger partial charge in [0.2, 0.25) is 9.84 Å². The molecule has 4 aliphatic carbocycles. The molecule has 0 bridgehead atoms. The minimum absolute atomic E-state index is 0.0123. The molecule has 0 radical (unpaired) electrons. The molecule has 16 nitrogen and oxygen atoms in total. The van der Waals surface area contributed by atoms with Crippen molar-refractivity contribution in [3.63, 3.8) is 0 Å². The van der Waals surface area contributed by atoms with Gasteiger partial charge in [-0.3, -0.25) is 0 Å². The second-order valence-electron chi connectivity index (χ2n) is 21.7. The molecule has 0 aromatic heterocycles. The number of ether oxygens (including phenoxy) is 6. The van der Waals surface area contributed by atoms with Crippen LogP contribution in [0.15, 0.2) is 249 Å². The van der Waals surface area contributed by atoms with Gasteiger partial charge in [-0.15, -0.1) is 20.4 Å². The lowest BCUT2D eigenvalue weighted by atomic mass is 9.99.